The van der Waals surface area contributed by atoms with Crippen molar-refractivity contribution < 1.29 is 18.3 Å². The molecule has 0 fully saturated rings. The van der Waals surface area contributed by atoms with Gasteiger partial charge in [0.2, 0.25) is 0 Å². The van der Waals surface area contributed by atoms with Crippen LogP contribution in [0.15, 0.2) is 72.3 Å². The number of hydrogen-bond acceptors (Lipinski definition) is 3. The lowest BCUT2D eigenvalue weighted by Gasteiger charge is -2.10. The number of anilines is 1. The third-order valence-corrected chi connectivity index (χ3v) is 4.42. The molecule has 6 heteroatoms. The van der Waals surface area contributed by atoms with E-state index in [9.17, 15) is 18.8 Å². The minimum atomic E-state index is -0.727. The maximum Gasteiger partial charge on any atom is 0.266 e. The topological polar surface area (TPSA) is 62.1 Å². The van der Waals surface area contributed by atoms with Crippen LogP contribution in [0.4, 0.5) is 14.5 Å². The van der Waals surface area contributed by atoms with Crippen molar-refractivity contribution in [2.45, 2.75) is 6.42 Å². The highest BCUT2D eigenvalue weighted by Gasteiger charge is 2.13. The third kappa shape index (κ3) is 5.09. The van der Waals surface area contributed by atoms with E-state index < -0.39 is 11.7 Å². The molecule has 0 bridgehead atoms. The normalized spacial score (nSPS) is 10.9. The van der Waals surface area contributed by atoms with Crippen LogP contribution < -0.4 is 10.1 Å². The Morgan fingerprint density at radius 1 is 1.10 bits per heavy atom. The fourth-order valence-corrected chi connectivity index (χ4v) is 2.93. The summed E-state index contributed by atoms with van der Waals surface area (Å²) in [7, 11) is 1.53. The minimum absolute atomic E-state index is 0.0154. The highest BCUT2D eigenvalue weighted by atomic mass is 19.1. The second-order valence-electron chi connectivity index (χ2n) is 6.48. The molecule has 150 valence electrons. The number of nitrogens with one attached hydrogen (secondary N) is 1. The number of nitriles is 1. The number of carbonyl (C=O) groups is 1. The van der Waals surface area contributed by atoms with Gasteiger partial charge in [-0.1, -0.05) is 30.3 Å². The fraction of sp³-hybridized carbons (Fsp3) is 0.0833. The van der Waals surface area contributed by atoms with E-state index in [0.29, 0.717) is 17.7 Å². The number of benzene rings is 3. The molecule has 3 rings (SSSR count). The molecule has 0 spiro atoms. The molecule has 0 aromatic heterocycles. The van der Waals surface area contributed by atoms with Crippen LogP contribution in [0.5, 0.6) is 5.75 Å². The van der Waals surface area contributed by atoms with Gasteiger partial charge in [0.1, 0.15) is 29.0 Å². The van der Waals surface area contributed by atoms with Crippen molar-refractivity contribution in [3.05, 3.63) is 101 Å². The first-order valence-electron chi connectivity index (χ1n) is 9.09. The molecular weight excluding hydrogens is 386 g/mol. The molecule has 30 heavy (non-hydrogen) atoms. The maximum atomic E-state index is 13.8. The number of methoxy groups -OCH3 is 1. The summed E-state index contributed by atoms with van der Waals surface area (Å²) in [4.78, 5) is 12.5. The number of ether oxygens (including phenoxy) is 1. The van der Waals surface area contributed by atoms with Crippen molar-refractivity contribution >= 4 is 17.7 Å². The van der Waals surface area contributed by atoms with Crippen molar-refractivity contribution in [2.24, 2.45) is 0 Å². The lowest BCUT2D eigenvalue weighted by Crippen LogP contribution is -2.14. The number of hydrogen-bond donors (Lipinski definition) is 1. The molecular formula is C24H18F2N2O2. The van der Waals surface area contributed by atoms with Gasteiger partial charge in [-0.3, -0.25) is 4.79 Å². The van der Waals surface area contributed by atoms with Crippen LogP contribution in [-0.4, -0.2) is 13.0 Å². The minimum Gasteiger partial charge on any atom is -0.497 e. The van der Waals surface area contributed by atoms with Gasteiger partial charge in [-0.2, -0.15) is 5.26 Å². The van der Waals surface area contributed by atoms with Crippen LogP contribution in [0.3, 0.4) is 0 Å². The predicted octanol–water partition coefficient (Wildman–Crippen LogP) is 5.11. The van der Waals surface area contributed by atoms with Gasteiger partial charge in [-0.25, -0.2) is 8.78 Å². The second kappa shape index (κ2) is 9.48. The van der Waals surface area contributed by atoms with E-state index in [1.54, 1.807) is 36.4 Å². The number of carbonyl (C=O) groups excluding carboxylic acids is 1. The average molecular weight is 404 g/mol. The molecule has 0 saturated heterocycles. The van der Waals surface area contributed by atoms with Crippen LogP contribution in [-0.2, 0) is 11.2 Å². The molecule has 1 amide bonds. The Morgan fingerprint density at radius 3 is 2.60 bits per heavy atom. The Morgan fingerprint density at radius 2 is 1.90 bits per heavy atom. The highest BCUT2D eigenvalue weighted by molar-refractivity contribution is 6.09. The van der Waals surface area contributed by atoms with E-state index in [4.69, 9.17) is 4.74 Å². The number of halogens is 2. The van der Waals surface area contributed by atoms with Gasteiger partial charge in [0.05, 0.1) is 12.8 Å². The number of amides is 1. The maximum absolute atomic E-state index is 13.8. The van der Waals surface area contributed by atoms with E-state index in [2.05, 4.69) is 5.32 Å². The molecule has 0 aliphatic heterocycles. The Balaban J connectivity index is 1.94. The third-order valence-electron chi connectivity index (χ3n) is 4.42. The number of rotatable bonds is 6. The Bertz CT molecular complexity index is 1150. The molecule has 3 aromatic carbocycles. The largest absolute Gasteiger partial charge is 0.497 e. The van der Waals surface area contributed by atoms with E-state index in [0.717, 1.165) is 11.1 Å². The molecule has 4 nitrogen and oxygen atoms in total. The van der Waals surface area contributed by atoms with Crippen LogP contribution >= 0.6 is 0 Å². The van der Waals surface area contributed by atoms with Crippen molar-refractivity contribution in [1.29, 1.82) is 5.26 Å². The van der Waals surface area contributed by atoms with Gasteiger partial charge >= 0.3 is 0 Å². The van der Waals surface area contributed by atoms with Crippen LogP contribution in [0, 0.1) is 23.0 Å². The van der Waals surface area contributed by atoms with Crippen molar-refractivity contribution in [2.75, 3.05) is 12.4 Å². The molecule has 0 radical (unpaired) electrons. The Labute approximate surface area is 173 Å². The summed E-state index contributed by atoms with van der Waals surface area (Å²) in [5.41, 5.74) is 1.86. The second-order valence-corrected chi connectivity index (χ2v) is 6.48. The van der Waals surface area contributed by atoms with Crippen molar-refractivity contribution in [3.63, 3.8) is 0 Å². The van der Waals surface area contributed by atoms with Crippen LogP contribution in [0.2, 0.25) is 0 Å². The summed E-state index contributed by atoms with van der Waals surface area (Å²) in [6.45, 7) is 0. The van der Waals surface area contributed by atoms with E-state index in [1.807, 2.05) is 6.07 Å². The molecule has 0 aliphatic carbocycles. The molecule has 1 N–H and O–H groups in total. The summed E-state index contributed by atoms with van der Waals surface area (Å²) in [5, 5.41) is 11.9. The summed E-state index contributed by atoms with van der Waals surface area (Å²) in [6, 6.07) is 18.9. The zero-order valence-electron chi connectivity index (χ0n) is 16.2. The highest BCUT2D eigenvalue weighted by Crippen LogP contribution is 2.24. The Kier molecular flexibility index (Phi) is 6.56. The van der Waals surface area contributed by atoms with E-state index in [-0.39, 0.29) is 17.1 Å². The molecule has 0 aliphatic rings. The van der Waals surface area contributed by atoms with Gasteiger partial charge in [0.25, 0.3) is 5.91 Å². The smallest absolute Gasteiger partial charge is 0.266 e. The Hall–Kier alpha value is -3.98. The number of para-hydroxylation sites is 1. The molecule has 0 unspecified atom stereocenters. The molecule has 0 atom stereocenters. The van der Waals surface area contributed by atoms with Gasteiger partial charge in [-0.05, 0) is 65.6 Å². The molecule has 0 heterocycles. The standard InChI is InChI=1S/C24H18F2N2O2/c1-30-21-10-9-17(18(14-21)11-16-5-4-6-20(25)12-16)13-19(15-27)24(29)28-23-8-3-2-7-22(23)26/h2-10,12-14H,11H2,1H3,(H,28,29)/b19-13+. The molecule has 3 aromatic rings. The van der Waals surface area contributed by atoms with Gasteiger partial charge < -0.3 is 10.1 Å². The zero-order chi connectivity index (χ0) is 21.5. The first-order valence-corrected chi connectivity index (χ1v) is 9.09. The van der Waals surface area contributed by atoms with Gasteiger partial charge in [0.15, 0.2) is 0 Å². The van der Waals surface area contributed by atoms with Crippen LogP contribution in [0.1, 0.15) is 16.7 Å². The van der Waals surface area contributed by atoms with Gasteiger partial charge in [0, 0.05) is 0 Å². The SMILES string of the molecule is COc1ccc(/C=C(\C#N)C(=O)Nc2ccccc2F)c(Cc2cccc(F)c2)c1. The monoisotopic (exact) mass is 404 g/mol. The van der Waals surface area contributed by atoms with Crippen molar-refractivity contribution in [1.82, 2.24) is 0 Å². The summed E-state index contributed by atoms with van der Waals surface area (Å²) in [6.07, 6.45) is 1.79. The molecule has 0 saturated carbocycles. The first-order chi connectivity index (χ1) is 14.5. The fourth-order valence-electron chi connectivity index (χ4n) is 2.93. The number of nitrogens with zero attached hydrogens (tertiary/aromatic N) is 1. The predicted molar refractivity (Wildman–Crippen MR) is 111 cm³/mol. The summed E-state index contributed by atoms with van der Waals surface area (Å²) < 4.78 is 32.6. The zero-order valence-corrected chi connectivity index (χ0v) is 16.2. The lowest BCUT2D eigenvalue weighted by molar-refractivity contribution is -0.112. The van der Waals surface area contributed by atoms with Crippen LogP contribution in [0.25, 0.3) is 6.08 Å². The first kappa shape index (κ1) is 20.7. The quantitative estimate of drug-likeness (QED) is 0.459. The lowest BCUT2D eigenvalue weighted by atomic mass is 9.97. The van der Waals surface area contributed by atoms with E-state index >= 15 is 0 Å². The van der Waals surface area contributed by atoms with Crippen molar-refractivity contribution in [3.8, 4) is 11.8 Å². The summed E-state index contributed by atoms with van der Waals surface area (Å²) >= 11 is 0. The summed E-state index contributed by atoms with van der Waals surface area (Å²) in [5.74, 6) is -1.09. The average Bonchev–Trinajstić information content (AvgIpc) is 2.74. The van der Waals surface area contributed by atoms with Gasteiger partial charge in [-0.15, -0.1) is 0 Å². The van der Waals surface area contributed by atoms with E-state index in [1.165, 1.54) is 43.5 Å².